The Bertz CT molecular complexity index is 346. The smallest absolute Gasteiger partial charge is 0.337 e. The van der Waals surface area contributed by atoms with E-state index in [4.69, 9.17) is 5.11 Å². The van der Waals surface area contributed by atoms with E-state index in [1.165, 1.54) is 12.1 Å². The standard InChI is InChI=1S/C10H12O4/c1-2-6-3-4-7(8(11)5-6)9(12)10(13)14/h3-5,9,11-12H,2H2,1H3,(H,13,14)/t9-/m1/s1. The van der Waals surface area contributed by atoms with Gasteiger partial charge < -0.3 is 15.3 Å². The molecule has 1 rings (SSSR count). The number of rotatable bonds is 3. The van der Waals surface area contributed by atoms with E-state index in [2.05, 4.69) is 0 Å². The van der Waals surface area contributed by atoms with Crippen LogP contribution in [0.4, 0.5) is 0 Å². The lowest BCUT2D eigenvalue weighted by atomic mass is 10.0. The molecule has 0 spiro atoms. The molecule has 0 unspecified atom stereocenters. The molecule has 4 heteroatoms. The monoisotopic (exact) mass is 196 g/mol. The predicted octanol–water partition coefficient (Wildman–Crippen LogP) is 1.07. The SMILES string of the molecule is CCc1ccc([C@@H](O)C(=O)O)c(O)c1. The third-order valence-corrected chi connectivity index (χ3v) is 2.03. The molecule has 0 aliphatic carbocycles. The van der Waals surface area contributed by atoms with Crippen molar-refractivity contribution >= 4 is 5.97 Å². The van der Waals surface area contributed by atoms with Crippen molar-refractivity contribution in [1.29, 1.82) is 0 Å². The zero-order chi connectivity index (χ0) is 10.7. The summed E-state index contributed by atoms with van der Waals surface area (Å²) in [7, 11) is 0. The molecule has 0 aromatic heterocycles. The van der Waals surface area contributed by atoms with Gasteiger partial charge in [0.2, 0.25) is 0 Å². The van der Waals surface area contributed by atoms with Gasteiger partial charge in [0.15, 0.2) is 6.10 Å². The molecule has 1 aromatic rings. The number of carboxylic acids is 1. The fourth-order valence-electron chi connectivity index (χ4n) is 1.17. The van der Waals surface area contributed by atoms with Gasteiger partial charge in [0, 0.05) is 5.56 Å². The number of aliphatic hydroxyl groups is 1. The highest BCUT2D eigenvalue weighted by Gasteiger charge is 2.19. The molecule has 0 fully saturated rings. The highest BCUT2D eigenvalue weighted by molar-refractivity contribution is 5.75. The van der Waals surface area contributed by atoms with Crippen LogP contribution in [0, 0.1) is 0 Å². The minimum absolute atomic E-state index is 0.0229. The maximum Gasteiger partial charge on any atom is 0.337 e. The summed E-state index contributed by atoms with van der Waals surface area (Å²) in [6.07, 6.45) is -0.919. The van der Waals surface area contributed by atoms with Gasteiger partial charge in [0.05, 0.1) is 0 Å². The van der Waals surface area contributed by atoms with Crippen LogP contribution in [0.25, 0.3) is 0 Å². The van der Waals surface area contributed by atoms with Crippen LogP contribution in [0.15, 0.2) is 18.2 Å². The number of carboxylic acid groups (broad SMARTS) is 1. The maximum atomic E-state index is 10.4. The number of aryl methyl sites for hydroxylation is 1. The van der Waals surface area contributed by atoms with Crippen molar-refractivity contribution < 1.29 is 20.1 Å². The van der Waals surface area contributed by atoms with E-state index in [9.17, 15) is 15.0 Å². The number of aliphatic hydroxyl groups excluding tert-OH is 1. The Balaban J connectivity index is 3.05. The molecule has 4 nitrogen and oxygen atoms in total. The van der Waals surface area contributed by atoms with Crippen molar-refractivity contribution in [2.75, 3.05) is 0 Å². The topological polar surface area (TPSA) is 77.8 Å². The van der Waals surface area contributed by atoms with Crippen molar-refractivity contribution in [3.8, 4) is 5.75 Å². The van der Waals surface area contributed by atoms with Crippen molar-refractivity contribution in [3.05, 3.63) is 29.3 Å². The summed E-state index contributed by atoms with van der Waals surface area (Å²) in [5.74, 6) is -1.55. The first-order valence-electron chi connectivity index (χ1n) is 4.29. The number of phenols is 1. The third kappa shape index (κ3) is 2.03. The lowest BCUT2D eigenvalue weighted by Crippen LogP contribution is -2.10. The molecule has 0 aliphatic rings. The Kier molecular flexibility index (Phi) is 3.09. The van der Waals surface area contributed by atoms with Crippen LogP contribution in [0.1, 0.15) is 24.2 Å². The van der Waals surface area contributed by atoms with Crippen LogP contribution < -0.4 is 0 Å². The molecule has 1 atom stereocenters. The molecule has 0 radical (unpaired) electrons. The molecule has 14 heavy (non-hydrogen) atoms. The van der Waals surface area contributed by atoms with E-state index in [1.807, 2.05) is 6.92 Å². The van der Waals surface area contributed by atoms with Crippen molar-refractivity contribution in [1.82, 2.24) is 0 Å². The predicted molar refractivity (Wildman–Crippen MR) is 50.1 cm³/mol. The second-order valence-electron chi connectivity index (χ2n) is 2.99. The summed E-state index contributed by atoms with van der Waals surface area (Å²) < 4.78 is 0. The molecule has 1 aromatic carbocycles. The van der Waals surface area contributed by atoms with Gasteiger partial charge >= 0.3 is 5.97 Å². The van der Waals surface area contributed by atoms with E-state index in [0.717, 1.165) is 12.0 Å². The van der Waals surface area contributed by atoms with E-state index in [0.29, 0.717) is 0 Å². The van der Waals surface area contributed by atoms with E-state index in [-0.39, 0.29) is 11.3 Å². The number of aromatic hydroxyl groups is 1. The Hall–Kier alpha value is -1.55. The van der Waals surface area contributed by atoms with Gasteiger partial charge in [-0.05, 0) is 18.1 Å². The van der Waals surface area contributed by atoms with Crippen LogP contribution in [0.3, 0.4) is 0 Å². The van der Waals surface area contributed by atoms with Gasteiger partial charge in [0.1, 0.15) is 5.75 Å². The molecule has 0 amide bonds. The minimum atomic E-state index is -1.67. The quantitative estimate of drug-likeness (QED) is 0.675. The first kappa shape index (κ1) is 10.5. The summed E-state index contributed by atoms with van der Waals surface area (Å²) in [5, 5.41) is 27.1. The third-order valence-electron chi connectivity index (χ3n) is 2.03. The highest BCUT2D eigenvalue weighted by Crippen LogP contribution is 2.25. The summed E-state index contributed by atoms with van der Waals surface area (Å²) in [6, 6.07) is 4.57. The van der Waals surface area contributed by atoms with Gasteiger partial charge in [-0.1, -0.05) is 19.1 Å². The summed E-state index contributed by atoms with van der Waals surface area (Å²) in [4.78, 5) is 10.4. The van der Waals surface area contributed by atoms with E-state index in [1.54, 1.807) is 6.07 Å². The van der Waals surface area contributed by atoms with Gasteiger partial charge in [-0.2, -0.15) is 0 Å². The van der Waals surface area contributed by atoms with Crippen molar-refractivity contribution in [3.63, 3.8) is 0 Å². The zero-order valence-corrected chi connectivity index (χ0v) is 7.77. The lowest BCUT2D eigenvalue weighted by Gasteiger charge is -2.09. The number of hydrogen-bond donors (Lipinski definition) is 3. The normalized spacial score (nSPS) is 12.4. The second-order valence-corrected chi connectivity index (χ2v) is 2.99. The molecular formula is C10H12O4. The van der Waals surface area contributed by atoms with Crippen LogP contribution in [0.2, 0.25) is 0 Å². The van der Waals surface area contributed by atoms with Crippen LogP contribution >= 0.6 is 0 Å². The Morgan fingerprint density at radius 3 is 2.57 bits per heavy atom. The van der Waals surface area contributed by atoms with Gasteiger partial charge in [-0.15, -0.1) is 0 Å². The number of benzene rings is 1. The van der Waals surface area contributed by atoms with E-state index < -0.39 is 12.1 Å². The molecule has 0 aliphatic heterocycles. The van der Waals surface area contributed by atoms with Crippen LogP contribution in [-0.2, 0) is 11.2 Å². The second kappa shape index (κ2) is 4.11. The largest absolute Gasteiger partial charge is 0.508 e. The summed E-state index contributed by atoms with van der Waals surface area (Å²) in [5.41, 5.74) is 0.915. The minimum Gasteiger partial charge on any atom is -0.508 e. The molecule has 76 valence electrons. The number of hydrogen-bond acceptors (Lipinski definition) is 3. The zero-order valence-electron chi connectivity index (χ0n) is 7.77. The van der Waals surface area contributed by atoms with Crippen molar-refractivity contribution in [2.24, 2.45) is 0 Å². The average molecular weight is 196 g/mol. The molecule has 0 saturated carbocycles. The first-order valence-corrected chi connectivity index (χ1v) is 4.29. The van der Waals surface area contributed by atoms with Crippen LogP contribution in [-0.4, -0.2) is 21.3 Å². The molecule has 0 bridgehead atoms. The summed E-state index contributed by atoms with van der Waals surface area (Å²) in [6.45, 7) is 1.92. The molecular weight excluding hydrogens is 184 g/mol. The fourth-order valence-corrected chi connectivity index (χ4v) is 1.17. The van der Waals surface area contributed by atoms with Gasteiger partial charge in [0.25, 0.3) is 0 Å². The molecule has 0 heterocycles. The number of aliphatic carboxylic acids is 1. The van der Waals surface area contributed by atoms with Gasteiger partial charge in [-0.3, -0.25) is 0 Å². The fraction of sp³-hybridized carbons (Fsp3) is 0.300. The average Bonchev–Trinajstić information content (AvgIpc) is 2.16. The Labute approximate surface area is 81.4 Å². The van der Waals surface area contributed by atoms with Crippen molar-refractivity contribution in [2.45, 2.75) is 19.4 Å². The number of phenolic OH excluding ortho intramolecular Hbond substituents is 1. The Morgan fingerprint density at radius 1 is 1.50 bits per heavy atom. The molecule has 3 N–H and O–H groups in total. The van der Waals surface area contributed by atoms with Crippen LogP contribution in [0.5, 0.6) is 5.75 Å². The lowest BCUT2D eigenvalue weighted by molar-refractivity contribution is -0.147. The van der Waals surface area contributed by atoms with E-state index >= 15 is 0 Å². The number of carbonyl (C=O) groups is 1. The summed E-state index contributed by atoms with van der Waals surface area (Å²) >= 11 is 0. The van der Waals surface area contributed by atoms with Gasteiger partial charge in [-0.25, -0.2) is 4.79 Å². The maximum absolute atomic E-state index is 10.4. The Morgan fingerprint density at radius 2 is 2.14 bits per heavy atom. The molecule has 0 saturated heterocycles. The first-order chi connectivity index (χ1) is 6.56. The highest BCUT2D eigenvalue weighted by atomic mass is 16.4.